The maximum absolute atomic E-state index is 12.2. The molecule has 23 heavy (non-hydrogen) atoms. The van der Waals surface area contributed by atoms with E-state index in [-0.39, 0.29) is 5.91 Å². The van der Waals surface area contributed by atoms with Gasteiger partial charge >= 0.3 is 0 Å². The first-order valence-corrected chi connectivity index (χ1v) is 9.03. The summed E-state index contributed by atoms with van der Waals surface area (Å²) in [6.07, 6.45) is 6.28. The molecular formula is C18H22N2O2S. The fourth-order valence-corrected chi connectivity index (χ4v) is 3.26. The Morgan fingerprint density at radius 1 is 1.43 bits per heavy atom. The highest BCUT2D eigenvalue weighted by atomic mass is 32.1. The van der Waals surface area contributed by atoms with Gasteiger partial charge in [0.1, 0.15) is 10.6 Å². The van der Waals surface area contributed by atoms with Crippen molar-refractivity contribution in [2.45, 2.75) is 45.1 Å². The quantitative estimate of drug-likeness (QED) is 0.740. The highest BCUT2D eigenvalue weighted by Crippen LogP contribution is 2.41. The average molecular weight is 330 g/mol. The fraction of sp³-hybridized carbons (Fsp3) is 0.444. The third-order valence-corrected chi connectivity index (χ3v) is 4.95. The Morgan fingerprint density at radius 2 is 2.30 bits per heavy atom. The molecule has 1 amide bonds. The molecule has 0 saturated heterocycles. The molecule has 0 bridgehead atoms. The number of carbonyl (C=O) groups is 1. The molecule has 2 aromatic rings. The number of carbonyl (C=O) groups excluding carboxylic acids is 1. The van der Waals surface area contributed by atoms with E-state index in [4.69, 9.17) is 4.74 Å². The summed E-state index contributed by atoms with van der Waals surface area (Å²) in [4.78, 5) is 17.2. The summed E-state index contributed by atoms with van der Waals surface area (Å²) in [7, 11) is 0. The van der Waals surface area contributed by atoms with Gasteiger partial charge in [-0.1, -0.05) is 25.5 Å². The van der Waals surface area contributed by atoms with Crippen molar-refractivity contribution in [2.24, 2.45) is 0 Å². The lowest BCUT2D eigenvalue weighted by Gasteiger charge is -2.08. The van der Waals surface area contributed by atoms with Gasteiger partial charge < -0.3 is 10.1 Å². The van der Waals surface area contributed by atoms with Crippen LogP contribution in [-0.2, 0) is 6.54 Å². The number of unbranched alkanes of at least 4 members (excludes halogenated alkanes) is 1. The van der Waals surface area contributed by atoms with Crippen molar-refractivity contribution in [3.8, 4) is 5.75 Å². The Kier molecular flexibility index (Phi) is 5.28. The second kappa shape index (κ2) is 7.59. The van der Waals surface area contributed by atoms with E-state index in [9.17, 15) is 4.79 Å². The average Bonchev–Trinajstić information content (AvgIpc) is 3.30. The van der Waals surface area contributed by atoms with Crippen LogP contribution in [0, 0.1) is 0 Å². The maximum atomic E-state index is 12.2. The van der Waals surface area contributed by atoms with Gasteiger partial charge in [0.2, 0.25) is 0 Å². The molecule has 1 fully saturated rings. The molecular weight excluding hydrogens is 308 g/mol. The van der Waals surface area contributed by atoms with Crippen LogP contribution in [-0.4, -0.2) is 17.5 Å². The Balaban J connectivity index is 1.52. The summed E-state index contributed by atoms with van der Waals surface area (Å²) in [5.41, 5.74) is 1.04. The van der Waals surface area contributed by atoms with Crippen LogP contribution in [0.2, 0.25) is 0 Å². The number of hydrogen-bond donors (Lipinski definition) is 1. The van der Waals surface area contributed by atoms with Crippen molar-refractivity contribution in [2.75, 3.05) is 6.61 Å². The molecule has 1 aliphatic rings. The topological polar surface area (TPSA) is 51.2 Å². The van der Waals surface area contributed by atoms with Gasteiger partial charge in [-0.15, -0.1) is 11.3 Å². The van der Waals surface area contributed by atoms with Crippen molar-refractivity contribution in [3.05, 3.63) is 45.9 Å². The molecule has 1 aromatic carbocycles. The number of ether oxygens (including phenoxy) is 1. The predicted octanol–water partition coefficient (Wildman–Crippen LogP) is 4.13. The van der Waals surface area contributed by atoms with Crippen molar-refractivity contribution >= 4 is 17.2 Å². The summed E-state index contributed by atoms with van der Waals surface area (Å²) in [6, 6.07) is 7.89. The van der Waals surface area contributed by atoms with E-state index in [0.717, 1.165) is 35.8 Å². The molecule has 5 heteroatoms. The van der Waals surface area contributed by atoms with Gasteiger partial charge in [-0.05, 0) is 37.0 Å². The lowest BCUT2D eigenvalue weighted by Crippen LogP contribution is -2.21. The maximum Gasteiger partial charge on any atom is 0.263 e. The zero-order chi connectivity index (χ0) is 16.1. The number of nitrogens with zero attached hydrogens (tertiary/aromatic N) is 1. The summed E-state index contributed by atoms with van der Waals surface area (Å²) in [5.74, 6) is 1.41. The molecule has 0 unspecified atom stereocenters. The molecule has 4 nitrogen and oxygen atoms in total. The van der Waals surface area contributed by atoms with E-state index in [0.29, 0.717) is 17.3 Å². The van der Waals surface area contributed by atoms with Gasteiger partial charge in [-0.25, -0.2) is 4.98 Å². The van der Waals surface area contributed by atoms with Crippen molar-refractivity contribution in [1.29, 1.82) is 0 Å². The SMILES string of the molecule is CCCCOc1cccc(CNC(=O)c2cnc(C3CC3)s2)c1. The zero-order valence-electron chi connectivity index (χ0n) is 13.4. The molecule has 0 radical (unpaired) electrons. The number of thiazole rings is 1. The standard InChI is InChI=1S/C18H22N2O2S/c1-2-3-9-22-15-6-4-5-13(10-15)11-19-17(21)16-12-20-18(23-16)14-7-8-14/h4-6,10,12,14H,2-3,7-9,11H2,1H3,(H,19,21). The smallest absolute Gasteiger partial charge is 0.263 e. The number of rotatable bonds is 8. The monoisotopic (exact) mass is 330 g/mol. The molecule has 1 aliphatic carbocycles. The summed E-state index contributed by atoms with van der Waals surface area (Å²) in [5, 5.41) is 4.06. The first-order chi connectivity index (χ1) is 11.3. The van der Waals surface area contributed by atoms with E-state index >= 15 is 0 Å². The lowest BCUT2D eigenvalue weighted by atomic mass is 10.2. The van der Waals surface area contributed by atoms with Gasteiger partial charge in [0.05, 0.1) is 17.8 Å². The molecule has 1 saturated carbocycles. The molecule has 122 valence electrons. The number of nitrogens with one attached hydrogen (secondary N) is 1. The van der Waals surface area contributed by atoms with Crippen LogP contribution < -0.4 is 10.1 Å². The first kappa shape index (κ1) is 16.0. The molecule has 0 spiro atoms. The molecule has 1 heterocycles. The van der Waals surface area contributed by atoms with Crippen LogP contribution in [0.5, 0.6) is 5.75 Å². The molecule has 1 aromatic heterocycles. The third kappa shape index (κ3) is 4.55. The highest BCUT2D eigenvalue weighted by molar-refractivity contribution is 7.13. The van der Waals surface area contributed by atoms with Crippen LogP contribution in [0.3, 0.4) is 0 Å². The molecule has 0 atom stereocenters. The van der Waals surface area contributed by atoms with Crippen LogP contribution in [0.25, 0.3) is 0 Å². The van der Waals surface area contributed by atoms with Gasteiger partial charge in [0.25, 0.3) is 5.91 Å². The number of hydrogen-bond acceptors (Lipinski definition) is 4. The van der Waals surface area contributed by atoms with Gasteiger partial charge in [-0.2, -0.15) is 0 Å². The molecule has 3 rings (SSSR count). The van der Waals surface area contributed by atoms with Crippen LogP contribution in [0.1, 0.15) is 58.8 Å². The van der Waals surface area contributed by atoms with Crippen LogP contribution in [0.4, 0.5) is 0 Å². The van der Waals surface area contributed by atoms with Crippen LogP contribution >= 0.6 is 11.3 Å². The molecule has 0 aliphatic heterocycles. The zero-order valence-corrected chi connectivity index (χ0v) is 14.2. The minimum absolute atomic E-state index is 0.0493. The van der Waals surface area contributed by atoms with Crippen molar-refractivity contribution in [1.82, 2.24) is 10.3 Å². The number of benzene rings is 1. The Labute approximate surface area is 140 Å². The summed E-state index contributed by atoms with van der Waals surface area (Å²) >= 11 is 1.52. The minimum atomic E-state index is -0.0493. The number of amides is 1. The second-order valence-electron chi connectivity index (χ2n) is 5.87. The lowest BCUT2D eigenvalue weighted by molar-refractivity contribution is 0.0954. The summed E-state index contributed by atoms with van der Waals surface area (Å²) in [6.45, 7) is 3.38. The molecule has 1 N–H and O–H groups in total. The van der Waals surface area contributed by atoms with Crippen molar-refractivity contribution in [3.63, 3.8) is 0 Å². The Hall–Kier alpha value is -1.88. The van der Waals surface area contributed by atoms with E-state index < -0.39 is 0 Å². The van der Waals surface area contributed by atoms with E-state index in [2.05, 4.69) is 17.2 Å². The first-order valence-electron chi connectivity index (χ1n) is 8.22. The number of aromatic nitrogens is 1. The van der Waals surface area contributed by atoms with Gasteiger partial charge in [0.15, 0.2) is 0 Å². The summed E-state index contributed by atoms with van der Waals surface area (Å²) < 4.78 is 5.69. The largest absolute Gasteiger partial charge is 0.494 e. The van der Waals surface area contributed by atoms with Crippen molar-refractivity contribution < 1.29 is 9.53 Å². The van der Waals surface area contributed by atoms with E-state index in [1.165, 1.54) is 24.2 Å². The van der Waals surface area contributed by atoms with Gasteiger partial charge in [0, 0.05) is 12.5 Å². The van der Waals surface area contributed by atoms with Crippen LogP contribution in [0.15, 0.2) is 30.5 Å². The van der Waals surface area contributed by atoms with E-state index in [1.54, 1.807) is 6.20 Å². The third-order valence-electron chi connectivity index (χ3n) is 3.79. The second-order valence-corrected chi connectivity index (χ2v) is 6.93. The fourth-order valence-electron chi connectivity index (χ4n) is 2.26. The highest BCUT2D eigenvalue weighted by Gasteiger charge is 2.27. The predicted molar refractivity (Wildman–Crippen MR) is 92.1 cm³/mol. The Bertz CT molecular complexity index is 665. The Morgan fingerprint density at radius 3 is 3.09 bits per heavy atom. The van der Waals surface area contributed by atoms with Gasteiger partial charge in [-0.3, -0.25) is 4.79 Å². The minimum Gasteiger partial charge on any atom is -0.494 e. The normalized spacial score (nSPS) is 13.8. The van der Waals surface area contributed by atoms with E-state index in [1.807, 2.05) is 24.3 Å².